The first-order valence-electron chi connectivity index (χ1n) is 5.79. The Morgan fingerprint density at radius 3 is 3.00 bits per heavy atom. The molecule has 1 aliphatic heterocycles. The smallest absolute Gasteiger partial charge is 0.313 e. The Morgan fingerprint density at radius 1 is 1.67 bits per heavy atom. The molecule has 0 radical (unpaired) electrons. The molecule has 1 aromatic rings. The van der Waals surface area contributed by atoms with Crippen LogP contribution < -0.4 is 10.6 Å². The molecule has 1 aliphatic rings. The zero-order valence-electron chi connectivity index (χ0n) is 10.0. The van der Waals surface area contributed by atoms with Gasteiger partial charge in [-0.15, -0.1) is 0 Å². The number of aromatic nitrogens is 1. The van der Waals surface area contributed by atoms with Crippen molar-refractivity contribution in [3.8, 4) is 0 Å². The van der Waals surface area contributed by atoms with Crippen molar-refractivity contribution in [2.75, 3.05) is 18.0 Å². The fraction of sp³-hybridized carbons (Fsp3) is 0.545. The molecular formula is C11H15ClN4O2. The Bertz CT molecular complexity index is 468. The Hall–Kier alpha value is -1.40. The van der Waals surface area contributed by atoms with E-state index in [0.29, 0.717) is 18.9 Å². The summed E-state index contributed by atoms with van der Waals surface area (Å²) in [6.45, 7) is 3.40. The van der Waals surface area contributed by atoms with Crippen molar-refractivity contribution in [3.63, 3.8) is 0 Å². The largest absolute Gasteiger partial charge is 0.351 e. The fourth-order valence-electron chi connectivity index (χ4n) is 2.16. The molecule has 18 heavy (non-hydrogen) atoms. The van der Waals surface area contributed by atoms with Crippen molar-refractivity contribution in [1.29, 1.82) is 0 Å². The van der Waals surface area contributed by atoms with E-state index in [2.05, 4.69) is 4.98 Å². The highest BCUT2D eigenvalue weighted by Gasteiger charge is 2.28. The van der Waals surface area contributed by atoms with Crippen LogP contribution >= 0.6 is 11.6 Å². The van der Waals surface area contributed by atoms with Crippen LogP contribution in [0.1, 0.15) is 13.3 Å². The van der Waals surface area contributed by atoms with Gasteiger partial charge in [0, 0.05) is 31.4 Å². The van der Waals surface area contributed by atoms with E-state index in [1.54, 1.807) is 0 Å². The van der Waals surface area contributed by atoms with Crippen LogP contribution in [0.15, 0.2) is 12.3 Å². The van der Waals surface area contributed by atoms with Gasteiger partial charge in [0.15, 0.2) is 0 Å². The summed E-state index contributed by atoms with van der Waals surface area (Å²) in [6.07, 6.45) is 2.24. The van der Waals surface area contributed by atoms with E-state index < -0.39 is 4.92 Å². The Kier molecular flexibility index (Phi) is 3.68. The maximum absolute atomic E-state index is 11.0. The molecule has 2 unspecified atom stereocenters. The molecule has 2 rings (SSSR count). The van der Waals surface area contributed by atoms with Crippen molar-refractivity contribution >= 4 is 23.1 Å². The molecule has 6 nitrogen and oxygen atoms in total. The highest BCUT2D eigenvalue weighted by Crippen LogP contribution is 2.31. The third kappa shape index (κ3) is 2.54. The van der Waals surface area contributed by atoms with Gasteiger partial charge in [0.1, 0.15) is 0 Å². The van der Waals surface area contributed by atoms with Gasteiger partial charge in [-0.25, -0.2) is 4.98 Å². The van der Waals surface area contributed by atoms with Crippen LogP contribution in [-0.2, 0) is 0 Å². The number of hydrogen-bond donors (Lipinski definition) is 1. The van der Waals surface area contributed by atoms with Crippen LogP contribution in [0.25, 0.3) is 0 Å². The number of nitrogens with zero attached hydrogens (tertiary/aromatic N) is 3. The predicted octanol–water partition coefficient (Wildman–Crippen LogP) is 1.82. The van der Waals surface area contributed by atoms with Crippen LogP contribution in [-0.4, -0.2) is 29.0 Å². The molecule has 98 valence electrons. The summed E-state index contributed by atoms with van der Waals surface area (Å²) >= 11 is 5.75. The summed E-state index contributed by atoms with van der Waals surface area (Å²) in [6, 6.07) is 1.48. The Balaban J connectivity index is 2.30. The quantitative estimate of drug-likeness (QED) is 0.654. The van der Waals surface area contributed by atoms with Gasteiger partial charge in [0.25, 0.3) is 0 Å². The second-order valence-electron chi connectivity index (χ2n) is 4.63. The third-order valence-corrected chi connectivity index (χ3v) is 3.49. The molecule has 2 heterocycles. The van der Waals surface area contributed by atoms with Crippen LogP contribution in [0.4, 0.5) is 11.5 Å². The first-order valence-corrected chi connectivity index (χ1v) is 6.17. The van der Waals surface area contributed by atoms with Crippen molar-refractivity contribution in [1.82, 2.24) is 4.98 Å². The van der Waals surface area contributed by atoms with Crippen molar-refractivity contribution in [2.45, 2.75) is 19.4 Å². The van der Waals surface area contributed by atoms with Crippen molar-refractivity contribution < 1.29 is 4.92 Å². The van der Waals surface area contributed by atoms with Crippen LogP contribution in [0.2, 0.25) is 5.02 Å². The van der Waals surface area contributed by atoms with Gasteiger partial charge in [0.2, 0.25) is 5.82 Å². The molecule has 1 fully saturated rings. The molecule has 0 aromatic carbocycles. The van der Waals surface area contributed by atoms with Crippen molar-refractivity contribution in [3.05, 3.63) is 27.4 Å². The van der Waals surface area contributed by atoms with E-state index in [1.807, 2.05) is 11.8 Å². The summed E-state index contributed by atoms with van der Waals surface area (Å²) in [5, 5.41) is 11.3. The number of piperidine rings is 1. The number of rotatable bonds is 2. The topological polar surface area (TPSA) is 85.3 Å². The van der Waals surface area contributed by atoms with E-state index >= 15 is 0 Å². The van der Waals surface area contributed by atoms with Crippen LogP contribution in [0.3, 0.4) is 0 Å². The minimum absolute atomic E-state index is 0.0508. The summed E-state index contributed by atoms with van der Waals surface area (Å²) in [5.41, 5.74) is 5.89. The number of nitro groups is 1. The minimum Gasteiger partial charge on any atom is -0.351 e. The second-order valence-corrected chi connectivity index (χ2v) is 5.07. The maximum atomic E-state index is 11.0. The number of hydrogen-bond acceptors (Lipinski definition) is 5. The highest BCUT2D eigenvalue weighted by molar-refractivity contribution is 6.30. The molecule has 0 aliphatic carbocycles. The lowest BCUT2D eigenvalue weighted by atomic mass is 9.95. The minimum atomic E-state index is -0.451. The number of nitrogens with two attached hydrogens (primary N) is 1. The van der Waals surface area contributed by atoms with Crippen LogP contribution in [0, 0.1) is 16.0 Å². The third-order valence-electron chi connectivity index (χ3n) is 3.28. The molecule has 7 heteroatoms. The Labute approximate surface area is 110 Å². The van der Waals surface area contributed by atoms with Gasteiger partial charge >= 0.3 is 5.69 Å². The number of anilines is 1. The van der Waals surface area contributed by atoms with Gasteiger partial charge in [0.05, 0.1) is 9.95 Å². The van der Waals surface area contributed by atoms with E-state index in [9.17, 15) is 10.1 Å². The van der Waals surface area contributed by atoms with E-state index in [4.69, 9.17) is 17.3 Å². The Morgan fingerprint density at radius 2 is 2.39 bits per heavy atom. The number of halogens is 1. The maximum Gasteiger partial charge on any atom is 0.313 e. The average Bonchev–Trinajstić information content (AvgIpc) is 2.32. The van der Waals surface area contributed by atoms with Crippen molar-refractivity contribution in [2.24, 2.45) is 11.7 Å². The lowest BCUT2D eigenvalue weighted by Crippen LogP contribution is -2.46. The fourth-order valence-corrected chi connectivity index (χ4v) is 2.31. The molecular weight excluding hydrogens is 256 g/mol. The second kappa shape index (κ2) is 5.07. The molecule has 1 aromatic heterocycles. The zero-order chi connectivity index (χ0) is 13.3. The monoisotopic (exact) mass is 270 g/mol. The van der Waals surface area contributed by atoms with Crippen LogP contribution in [0.5, 0.6) is 0 Å². The molecule has 0 saturated carbocycles. The average molecular weight is 271 g/mol. The van der Waals surface area contributed by atoms with Gasteiger partial charge < -0.3 is 10.6 Å². The molecule has 2 N–H and O–H groups in total. The summed E-state index contributed by atoms with van der Waals surface area (Å²) in [7, 11) is 0. The molecule has 0 spiro atoms. The van der Waals surface area contributed by atoms with E-state index in [0.717, 1.165) is 6.42 Å². The van der Waals surface area contributed by atoms with Gasteiger partial charge in [-0.3, -0.25) is 10.1 Å². The summed E-state index contributed by atoms with van der Waals surface area (Å²) in [4.78, 5) is 16.6. The first-order chi connectivity index (χ1) is 8.49. The summed E-state index contributed by atoms with van der Waals surface area (Å²) < 4.78 is 0. The lowest BCUT2D eigenvalue weighted by Gasteiger charge is -2.35. The highest BCUT2D eigenvalue weighted by atomic mass is 35.5. The lowest BCUT2D eigenvalue weighted by molar-refractivity contribution is -0.384. The predicted molar refractivity (Wildman–Crippen MR) is 69.9 cm³/mol. The van der Waals surface area contributed by atoms with E-state index in [-0.39, 0.29) is 22.7 Å². The SMILES string of the molecule is CC1CN(c2ncc(Cl)cc2[N+](=O)[O-])CCC1N. The first kappa shape index (κ1) is 13.0. The number of pyridine rings is 1. The molecule has 0 bridgehead atoms. The normalized spacial score (nSPS) is 24.1. The zero-order valence-corrected chi connectivity index (χ0v) is 10.8. The molecule has 1 saturated heterocycles. The van der Waals surface area contributed by atoms with Gasteiger partial charge in [-0.1, -0.05) is 18.5 Å². The standard InChI is InChI=1S/C11H15ClN4O2/c1-7-6-15(3-2-9(7)13)11-10(16(17)18)4-8(12)5-14-11/h4-5,7,9H,2-3,6,13H2,1H3. The van der Waals surface area contributed by atoms with Gasteiger partial charge in [-0.05, 0) is 12.3 Å². The van der Waals surface area contributed by atoms with E-state index in [1.165, 1.54) is 12.3 Å². The molecule has 0 amide bonds. The van der Waals surface area contributed by atoms with Gasteiger partial charge in [-0.2, -0.15) is 0 Å². The molecule has 2 atom stereocenters. The summed E-state index contributed by atoms with van der Waals surface area (Å²) in [5.74, 6) is 0.666.